The molecule has 1 amide bonds. The van der Waals surface area contributed by atoms with Gasteiger partial charge in [-0.1, -0.05) is 346 Å². The minimum absolute atomic E-state index is 0.0186. The number of rotatable bonds is 66. The molecule has 0 radical (unpaired) electrons. The number of unbranched alkanes of at least 4 members (excludes halogenated alkanes) is 51. The molecular weight excluding hydrogens is 959 g/mol. The highest BCUT2D eigenvalue weighted by atomic mass is 16.5. The van der Waals surface area contributed by atoms with Crippen LogP contribution in [0, 0.1) is 0 Å². The number of ether oxygens (including phenoxy) is 1. The molecule has 6 nitrogen and oxygen atoms in total. The first-order valence-corrected chi connectivity index (χ1v) is 35.3. The average Bonchev–Trinajstić information content (AvgIpc) is 3.44. The molecule has 0 aromatic carbocycles. The lowest BCUT2D eigenvalue weighted by Crippen LogP contribution is -2.45. The van der Waals surface area contributed by atoms with E-state index in [2.05, 4.69) is 43.5 Å². The highest BCUT2D eigenvalue weighted by molar-refractivity contribution is 5.76. The van der Waals surface area contributed by atoms with E-state index >= 15 is 0 Å². The lowest BCUT2D eigenvalue weighted by atomic mass is 10.0. The topological polar surface area (TPSA) is 95.9 Å². The molecule has 0 saturated carbocycles. The summed E-state index contributed by atoms with van der Waals surface area (Å²) in [7, 11) is 0. The molecule has 0 saturated heterocycles. The fourth-order valence-corrected chi connectivity index (χ4v) is 11.0. The lowest BCUT2D eigenvalue weighted by Gasteiger charge is -2.20. The van der Waals surface area contributed by atoms with Crippen LogP contribution in [-0.4, -0.2) is 47.4 Å². The molecule has 0 rings (SSSR count). The van der Waals surface area contributed by atoms with Crippen LogP contribution in [0.2, 0.25) is 0 Å². The van der Waals surface area contributed by atoms with Gasteiger partial charge in [0.15, 0.2) is 0 Å². The highest BCUT2D eigenvalue weighted by Gasteiger charge is 2.18. The zero-order valence-electron chi connectivity index (χ0n) is 52.7. The van der Waals surface area contributed by atoms with Crippen LogP contribution < -0.4 is 5.32 Å². The number of esters is 1. The lowest BCUT2D eigenvalue weighted by molar-refractivity contribution is -0.143. The number of allylic oxidation sites excluding steroid dienone is 5. The first kappa shape index (κ1) is 76.1. The van der Waals surface area contributed by atoms with Crippen LogP contribution in [0.25, 0.3) is 0 Å². The van der Waals surface area contributed by atoms with Crippen LogP contribution >= 0.6 is 0 Å². The summed E-state index contributed by atoms with van der Waals surface area (Å²) in [5.41, 5.74) is 0. The third-order valence-electron chi connectivity index (χ3n) is 16.4. The van der Waals surface area contributed by atoms with Gasteiger partial charge in [-0.25, -0.2) is 0 Å². The summed E-state index contributed by atoms with van der Waals surface area (Å²) in [6.45, 7) is 4.91. The van der Waals surface area contributed by atoms with Gasteiger partial charge in [-0.15, -0.1) is 0 Å². The van der Waals surface area contributed by atoms with E-state index in [9.17, 15) is 19.8 Å². The van der Waals surface area contributed by atoms with Crippen molar-refractivity contribution < 1.29 is 24.5 Å². The number of aliphatic hydroxyl groups excluding tert-OH is 2. The Hall–Kier alpha value is -1.92. The molecule has 0 bridgehead atoms. The first-order chi connectivity index (χ1) is 38.5. The zero-order valence-corrected chi connectivity index (χ0v) is 52.7. The van der Waals surface area contributed by atoms with E-state index in [4.69, 9.17) is 4.74 Å². The molecule has 0 spiro atoms. The molecule has 2 atom stereocenters. The Morgan fingerprint density at radius 2 is 0.641 bits per heavy atom. The van der Waals surface area contributed by atoms with Crippen molar-refractivity contribution in [2.75, 3.05) is 13.2 Å². The van der Waals surface area contributed by atoms with Crippen LogP contribution in [0.1, 0.15) is 386 Å². The van der Waals surface area contributed by atoms with Gasteiger partial charge in [0.2, 0.25) is 5.91 Å². The molecule has 78 heavy (non-hydrogen) atoms. The standard InChI is InChI=1S/C72H137NO5/c1-3-5-7-9-11-13-15-16-17-18-37-40-43-46-50-54-58-62-66-72(77)78-67-63-59-55-51-47-44-41-38-35-33-31-29-27-25-23-21-19-20-22-24-26-28-30-32-34-36-39-42-45-49-53-57-61-65-71(76)73-69(68-74)70(75)64-60-56-52-48-14-12-10-8-6-4-2/h23,25,29,31,60,64,69-70,74-75H,3-22,24,26-28,30,32-59,61-63,65-68H2,1-2H3,(H,73,76)/b25-23-,31-29-,64-60+. The fraction of sp³-hybridized carbons (Fsp3) is 0.889. The second-order valence-electron chi connectivity index (χ2n) is 24.2. The number of carbonyl (C=O) groups is 2. The third kappa shape index (κ3) is 63.3. The molecule has 0 heterocycles. The van der Waals surface area contributed by atoms with Crippen molar-refractivity contribution in [1.29, 1.82) is 0 Å². The van der Waals surface area contributed by atoms with E-state index in [0.717, 1.165) is 44.9 Å². The minimum atomic E-state index is -0.841. The summed E-state index contributed by atoms with van der Waals surface area (Å²) in [6.07, 6.45) is 86.7. The van der Waals surface area contributed by atoms with E-state index < -0.39 is 12.1 Å². The Morgan fingerprint density at radius 1 is 0.359 bits per heavy atom. The van der Waals surface area contributed by atoms with Gasteiger partial charge >= 0.3 is 5.97 Å². The van der Waals surface area contributed by atoms with Gasteiger partial charge in [-0.05, 0) is 64.2 Å². The van der Waals surface area contributed by atoms with E-state index in [0.29, 0.717) is 19.4 Å². The average molecular weight is 1100 g/mol. The van der Waals surface area contributed by atoms with Crippen molar-refractivity contribution in [2.24, 2.45) is 0 Å². The molecule has 460 valence electrons. The molecule has 0 aliphatic rings. The van der Waals surface area contributed by atoms with E-state index in [1.165, 1.54) is 315 Å². The molecule has 0 aliphatic heterocycles. The van der Waals surface area contributed by atoms with Crippen LogP contribution in [0.4, 0.5) is 0 Å². The summed E-state index contributed by atoms with van der Waals surface area (Å²) >= 11 is 0. The van der Waals surface area contributed by atoms with Crippen LogP contribution in [-0.2, 0) is 14.3 Å². The van der Waals surface area contributed by atoms with Gasteiger partial charge in [0, 0.05) is 12.8 Å². The van der Waals surface area contributed by atoms with Crippen molar-refractivity contribution in [3.8, 4) is 0 Å². The number of nitrogens with one attached hydrogen (secondary N) is 1. The summed E-state index contributed by atoms with van der Waals surface area (Å²) in [6, 6.07) is -0.625. The van der Waals surface area contributed by atoms with Crippen molar-refractivity contribution in [1.82, 2.24) is 5.32 Å². The Balaban J connectivity index is 3.35. The van der Waals surface area contributed by atoms with Crippen molar-refractivity contribution >= 4 is 11.9 Å². The Morgan fingerprint density at radius 3 is 0.974 bits per heavy atom. The van der Waals surface area contributed by atoms with E-state index in [1.807, 2.05) is 6.08 Å². The smallest absolute Gasteiger partial charge is 0.305 e. The quantitative estimate of drug-likeness (QED) is 0.0320. The summed E-state index contributed by atoms with van der Waals surface area (Å²) in [4.78, 5) is 24.5. The van der Waals surface area contributed by atoms with Gasteiger partial charge < -0.3 is 20.3 Å². The molecule has 0 fully saturated rings. The zero-order chi connectivity index (χ0) is 56.4. The number of amides is 1. The van der Waals surface area contributed by atoms with Gasteiger partial charge in [0.05, 0.1) is 25.4 Å². The molecular formula is C72H137NO5. The third-order valence-corrected chi connectivity index (χ3v) is 16.4. The number of hydrogen-bond donors (Lipinski definition) is 3. The van der Waals surface area contributed by atoms with Crippen LogP contribution in [0.3, 0.4) is 0 Å². The molecule has 3 N–H and O–H groups in total. The predicted molar refractivity (Wildman–Crippen MR) is 343 cm³/mol. The second kappa shape index (κ2) is 67.6. The Bertz CT molecular complexity index is 1260. The first-order valence-electron chi connectivity index (χ1n) is 35.3. The van der Waals surface area contributed by atoms with Gasteiger partial charge in [0.1, 0.15) is 0 Å². The highest BCUT2D eigenvalue weighted by Crippen LogP contribution is 2.18. The van der Waals surface area contributed by atoms with Crippen molar-refractivity contribution in [3.05, 3.63) is 36.5 Å². The van der Waals surface area contributed by atoms with Crippen LogP contribution in [0.5, 0.6) is 0 Å². The molecule has 0 aliphatic carbocycles. The van der Waals surface area contributed by atoms with E-state index in [-0.39, 0.29) is 18.5 Å². The summed E-state index contributed by atoms with van der Waals surface area (Å²) < 4.78 is 5.51. The monoisotopic (exact) mass is 1100 g/mol. The van der Waals surface area contributed by atoms with Crippen molar-refractivity contribution in [3.63, 3.8) is 0 Å². The summed E-state index contributed by atoms with van der Waals surface area (Å²) in [5.74, 6) is -0.0482. The second-order valence-corrected chi connectivity index (χ2v) is 24.2. The maximum Gasteiger partial charge on any atom is 0.305 e. The molecule has 0 aromatic rings. The van der Waals surface area contributed by atoms with Gasteiger partial charge in [-0.3, -0.25) is 9.59 Å². The van der Waals surface area contributed by atoms with Crippen LogP contribution in [0.15, 0.2) is 36.5 Å². The number of carbonyl (C=O) groups excluding carboxylic acids is 2. The number of hydrogen-bond acceptors (Lipinski definition) is 5. The van der Waals surface area contributed by atoms with Gasteiger partial charge in [0.25, 0.3) is 0 Å². The predicted octanol–water partition coefficient (Wildman–Crippen LogP) is 22.7. The maximum absolute atomic E-state index is 12.4. The largest absolute Gasteiger partial charge is 0.466 e. The molecule has 6 heteroatoms. The fourth-order valence-electron chi connectivity index (χ4n) is 11.0. The number of aliphatic hydroxyl groups is 2. The Labute approximate surface area is 487 Å². The normalized spacial score (nSPS) is 12.7. The minimum Gasteiger partial charge on any atom is -0.466 e. The maximum atomic E-state index is 12.4. The SMILES string of the molecule is CCCCCCCCCC/C=C/C(O)C(CO)NC(=O)CCCCCCCCCCCCCCCCCCC/C=C\C/C=C\CCCCCCCCCCCOC(=O)CCCCCCCCCCCCCCCCCCCC. The van der Waals surface area contributed by atoms with Crippen molar-refractivity contribution in [2.45, 2.75) is 398 Å². The molecule has 0 aromatic heterocycles. The Kier molecular flexibility index (Phi) is 65.9. The van der Waals surface area contributed by atoms with Gasteiger partial charge in [-0.2, -0.15) is 0 Å². The summed E-state index contributed by atoms with van der Waals surface area (Å²) in [5, 5.41) is 23.0. The molecule has 2 unspecified atom stereocenters. The van der Waals surface area contributed by atoms with E-state index in [1.54, 1.807) is 6.08 Å².